The molecule has 20 heavy (non-hydrogen) atoms. The summed E-state index contributed by atoms with van der Waals surface area (Å²) in [5.41, 5.74) is 4.43. The summed E-state index contributed by atoms with van der Waals surface area (Å²) in [5, 5.41) is 12.4. The Morgan fingerprint density at radius 2 is 2.00 bits per heavy atom. The van der Waals surface area contributed by atoms with Gasteiger partial charge in [-0.05, 0) is 60.4 Å². The average Bonchev–Trinajstić information content (AvgIpc) is 2.90. The lowest BCUT2D eigenvalue weighted by molar-refractivity contribution is 0.414. The molecule has 0 saturated carbocycles. The van der Waals surface area contributed by atoms with Crippen LogP contribution in [0, 0.1) is 11.3 Å². The molecule has 0 amide bonds. The van der Waals surface area contributed by atoms with Crippen LogP contribution in [0.25, 0.3) is 0 Å². The van der Waals surface area contributed by atoms with Crippen LogP contribution in [-0.2, 0) is 6.42 Å². The standard InChI is InChI=1S/C17H16N2O/c1-20-15-8-4-13-5-9-17(16(13)10-15)19-14-6-2-12(11-18)3-7-14/h2-4,6-8,10,17,19H,5,9H2,1H3. The third-order valence-electron chi connectivity index (χ3n) is 3.79. The summed E-state index contributed by atoms with van der Waals surface area (Å²) < 4.78 is 5.30. The number of nitriles is 1. The summed E-state index contributed by atoms with van der Waals surface area (Å²) >= 11 is 0. The number of hydrogen-bond acceptors (Lipinski definition) is 3. The molecule has 1 aliphatic rings. The molecule has 2 aromatic carbocycles. The first-order valence-corrected chi connectivity index (χ1v) is 6.73. The van der Waals surface area contributed by atoms with Gasteiger partial charge in [0.1, 0.15) is 5.75 Å². The maximum atomic E-state index is 8.82. The Balaban J connectivity index is 1.82. The summed E-state index contributed by atoms with van der Waals surface area (Å²) in [7, 11) is 1.69. The lowest BCUT2D eigenvalue weighted by atomic mass is 10.1. The van der Waals surface area contributed by atoms with E-state index in [0.717, 1.165) is 24.3 Å². The highest BCUT2D eigenvalue weighted by molar-refractivity contribution is 5.51. The van der Waals surface area contributed by atoms with E-state index in [-0.39, 0.29) is 0 Å². The molecule has 0 spiro atoms. The molecule has 0 bridgehead atoms. The lowest BCUT2D eigenvalue weighted by Gasteiger charge is -2.16. The fraction of sp³-hybridized carbons (Fsp3) is 0.235. The van der Waals surface area contributed by atoms with Gasteiger partial charge in [0.05, 0.1) is 24.8 Å². The number of fused-ring (bicyclic) bond motifs is 1. The Morgan fingerprint density at radius 1 is 1.20 bits per heavy atom. The number of anilines is 1. The van der Waals surface area contributed by atoms with Crippen LogP contribution < -0.4 is 10.1 Å². The van der Waals surface area contributed by atoms with Crippen LogP contribution in [0.4, 0.5) is 5.69 Å². The highest BCUT2D eigenvalue weighted by Crippen LogP contribution is 2.36. The normalized spacial score (nSPS) is 16.3. The molecule has 1 N–H and O–H groups in total. The highest BCUT2D eigenvalue weighted by atomic mass is 16.5. The first kappa shape index (κ1) is 12.6. The molecule has 3 heteroatoms. The van der Waals surface area contributed by atoms with Gasteiger partial charge in [-0.1, -0.05) is 6.07 Å². The van der Waals surface area contributed by atoms with E-state index in [0.29, 0.717) is 11.6 Å². The van der Waals surface area contributed by atoms with Gasteiger partial charge >= 0.3 is 0 Å². The predicted octanol–water partition coefficient (Wildman–Crippen LogP) is 3.67. The zero-order valence-corrected chi connectivity index (χ0v) is 11.4. The van der Waals surface area contributed by atoms with Gasteiger partial charge in [-0.3, -0.25) is 0 Å². The second-order valence-electron chi connectivity index (χ2n) is 4.99. The van der Waals surface area contributed by atoms with Gasteiger partial charge in [-0.2, -0.15) is 5.26 Å². The van der Waals surface area contributed by atoms with Gasteiger partial charge in [0.25, 0.3) is 0 Å². The second kappa shape index (κ2) is 5.26. The van der Waals surface area contributed by atoms with Crippen molar-refractivity contribution in [2.24, 2.45) is 0 Å². The number of ether oxygens (including phenoxy) is 1. The molecule has 0 saturated heterocycles. The Hall–Kier alpha value is -2.47. The molecular formula is C17H16N2O. The van der Waals surface area contributed by atoms with E-state index in [4.69, 9.17) is 10.00 Å². The average molecular weight is 264 g/mol. The third kappa shape index (κ3) is 2.33. The van der Waals surface area contributed by atoms with Gasteiger partial charge in [-0.15, -0.1) is 0 Å². The van der Waals surface area contributed by atoms with Crippen molar-refractivity contribution in [1.82, 2.24) is 0 Å². The topological polar surface area (TPSA) is 45.0 Å². The van der Waals surface area contributed by atoms with Crippen molar-refractivity contribution < 1.29 is 4.74 Å². The summed E-state index contributed by atoms with van der Waals surface area (Å²) in [6.07, 6.45) is 2.18. The monoisotopic (exact) mass is 264 g/mol. The van der Waals surface area contributed by atoms with E-state index in [1.165, 1.54) is 11.1 Å². The van der Waals surface area contributed by atoms with Crippen molar-refractivity contribution in [2.45, 2.75) is 18.9 Å². The van der Waals surface area contributed by atoms with Gasteiger partial charge in [0, 0.05) is 5.69 Å². The Kier molecular flexibility index (Phi) is 3.30. The molecule has 0 aromatic heterocycles. The molecule has 0 heterocycles. The van der Waals surface area contributed by atoms with Crippen LogP contribution in [0.3, 0.4) is 0 Å². The molecule has 3 rings (SSSR count). The number of benzene rings is 2. The van der Waals surface area contributed by atoms with Crippen molar-refractivity contribution >= 4 is 5.69 Å². The van der Waals surface area contributed by atoms with E-state index in [1.54, 1.807) is 7.11 Å². The first-order valence-electron chi connectivity index (χ1n) is 6.73. The predicted molar refractivity (Wildman–Crippen MR) is 78.8 cm³/mol. The Labute approximate surface area is 118 Å². The van der Waals surface area contributed by atoms with Gasteiger partial charge in [0.2, 0.25) is 0 Å². The van der Waals surface area contributed by atoms with Gasteiger partial charge < -0.3 is 10.1 Å². The van der Waals surface area contributed by atoms with Crippen LogP contribution >= 0.6 is 0 Å². The van der Waals surface area contributed by atoms with Crippen LogP contribution in [0.5, 0.6) is 5.75 Å². The molecule has 100 valence electrons. The van der Waals surface area contributed by atoms with Gasteiger partial charge in [0.15, 0.2) is 0 Å². The minimum absolute atomic E-state index is 0.313. The molecule has 2 aromatic rings. The van der Waals surface area contributed by atoms with E-state index >= 15 is 0 Å². The minimum Gasteiger partial charge on any atom is -0.497 e. The smallest absolute Gasteiger partial charge is 0.119 e. The maximum Gasteiger partial charge on any atom is 0.119 e. The number of aryl methyl sites for hydroxylation is 1. The summed E-state index contributed by atoms with van der Waals surface area (Å²) in [6, 6.07) is 16.3. The summed E-state index contributed by atoms with van der Waals surface area (Å²) in [5.74, 6) is 0.900. The van der Waals surface area contributed by atoms with Crippen molar-refractivity contribution in [3.8, 4) is 11.8 Å². The van der Waals surface area contributed by atoms with Crippen LogP contribution in [0.1, 0.15) is 29.2 Å². The van der Waals surface area contributed by atoms with E-state index in [1.807, 2.05) is 30.3 Å². The number of methoxy groups -OCH3 is 1. The number of rotatable bonds is 3. The molecule has 3 nitrogen and oxygen atoms in total. The fourth-order valence-corrected chi connectivity index (χ4v) is 2.70. The van der Waals surface area contributed by atoms with Crippen molar-refractivity contribution in [2.75, 3.05) is 12.4 Å². The molecule has 0 fully saturated rings. The molecule has 1 atom stereocenters. The fourth-order valence-electron chi connectivity index (χ4n) is 2.70. The summed E-state index contributed by atoms with van der Waals surface area (Å²) in [6.45, 7) is 0. The number of hydrogen-bond donors (Lipinski definition) is 1. The van der Waals surface area contributed by atoms with Crippen molar-refractivity contribution in [3.05, 3.63) is 59.2 Å². The molecule has 1 unspecified atom stereocenters. The van der Waals surface area contributed by atoms with E-state index in [2.05, 4.69) is 23.5 Å². The first-order chi connectivity index (χ1) is 9.80. The molecule has 0 radical (unpaired) electrons. The SMILES string of the molecule is COc1ccc2c(c1)C(Nc1ccc(C#N)cc1)CC2. The maximum absolute atomic E-state index is 8.82. The zero-order valence-electron chi connectivity index (χ0n) is 11.4. The molecule has 1 aliphatic carbocycles. The number of nitrogens with one attached hydrogen (secondary N) is 1. The highest BCUT2D eigenvalue weighted by Gasteiger charge is 2.22. The van der Waals surface area contributed by atoms with E-state index < -0.39 is 0 Å². The Morgan fingerprint density at radius 3 is 2.70 bits per heavy atom. The van der Waals surface area contributed by atoms with Crippen LogP contribution in [0.2, 0.25) is 0 Å². The largest absolute Gasteiger partial charge is 0.497 e. The second-order valence-corrected chi connectivity index (χ2v) is 4.99. The lowest BCUT2D eigenvalue weighted by Crippen LogP contribution is -2.07. The van der Waals surface area contributed by atoms with Gasteiger partial charge in [-0.25, -0.2) is 0 Å². The van der Waals surface area contributed by atoms with Crippen molar-refractivity contribution in [3.63, 3.8) is 0 Å². The quantitative estimate of drug-likeness (QED) is 0.920. The van der Waals surface area contributed by atoms with E-state index in [9.17, 15) is 0 Å². The molecule has 0 aliphatic heterocycles. The summed E-state index contributed by atoms with van der Waals surface area (Å²) in [4.78, 5) is 0. The number of nitrogens with zero attached hydrogens (tertiary/aromatic N) is 1. The minimum atomic E-state index is 0.313. The molecular weight excluding hydrogens is 248 g/mol. The zero-order chi connectivity index (χ0) is 13.9. The van der Waals surface area contributed by atoms with Crippen molar-refractivity contribution in [1.29, 1.82) is 5.26 Å². The van der Waals surface area contributed by atoms with Crippen LogP contribution in [-0.4, -0.2) is 7.11 Å². The van der Waals surface area contributed by atoms with Crippen LogP contribution in [0.15, 0.2) is 42.5 Å². The third-order valence-corrected chi connectivity index (χ3v) is 3.79. The Bertz CT molecular complexity index is 656.